The van der Waals surface area contributed by atoms with E-state index in [9.17, 15) is 31.4 Å². The zero-order valence-electron chi connectivity index (χ0n) is 28.0. The molecule has 274 valence electrons. The second-order valence-corrected chi connectivity index (χ2v) is 12.6. The molecule has 1 fully saturated rings. The number of halogens is 6. The van der Waals surface area contributed by atoms with Gasteiger partial charge >= 0.3 is 12.4 Å². The standard InChI is InChI=1S/C33H32F6N2O2S.C2H6O2.C2H6/c34-32(35,36)24-16-22(17-25(18-24)33(37,38)39)19-43-20-29(40)26(28-21-44-30-9-5-4-8-27(28)30)10-13-41-14-11-31(42,12-15-41)23-6-2-1-3-7-23;3-1-2-4;1-2/h1-9,16-18,21,26,40,42H,10-15,19-20H2;3-4H,1-2H2;1-2H3. The molecule has 1 aromatic heterocycles. The second kappa shape index (κ2) is 18.8. The van der Waals surface area contributed by atoms with Crippen LogP contribution in [0.4, 0.5) is 26.3 Å². The minimum absolute atomic E-state index is 0.0878. The number of ether oxygens (including phenoxy) is 1. The maximum absolute atomic E-state index is 13.3. The van der Waals surface area contributed by atoms with Crippen molar-refractivity contribution in [2.24, 2.45) is 0 Å². The number of aliphatic hydroxyl groups excluding tert-OH is 2. The largest absolute Gasteiger partial charge is 0.416 e. The Balaban J connectivity index is 0.00000105. The van der Waals surface area contributed by atoms with Gasteiger partial charge in [0.1, 0.15) is 0 Å². The molecule has 4 aromatic rings. The van der Waals surface area contributed by atoms with Gasteiger partial charge in [-0.25, -0.2) is 0 Å². The molecule has 50 heavy (non-hydrogen) atoms. The number of likely N-dealkylation sites (tertiary alicyclic amines) is 1. The summed E-state index contributed by atoms with van der Waals surface area (Å²) in [6.07, 6.45) is -8.19. The number of nitrogens with one attached hydrogen (secondary N) is 1. The van der Waals surface area contributed by atoms with Crippen molar-refractivity contribution < 1.29 is 46.4 Å². The van der Waals surface area contributed by atoms with E-state index in [-0.39, 0.29) is 43.1 Å². The Labute approximate surface area is 292 Å². The van der Waals surface area contributed by atoms with Crippen molar-refractivity contribution in [3.05, 3.63) is 106 Å². The lowest BCUT2D eigenvalue weighted by Gasteiger charge is -2.39. The number of rotatable bonds is 11. The van der Waals surface area contributed by atoms with Crippen molar-refractivity contribution in [2.75, 3.05) is 39.5 Å². The number of nitrogens with zero attached hydrogens (tertiary/aromatic N) is 1. The van der Waals surface area contributed by atoms with Crippen LogP contribution in [0.5, 0.6) is 0 Å². The highest BCUT2D eigenvalue weighted by molar-refractivity contribution is 7.17. The van der Waals surface area contributed by atoms with Crippen LogP contribution < -0.4 is 0 Å². The fourth-order valence-electron chi connectivity index (χ4n) is 5.76. The Morgan fingerprint density at radius 1 is 0.880 bits per heavy atom. The summed E-state index contributed by atoms with van der Waals surface area (Å²) in [4.78, 5) is 2.24. The minimum Gasteiger partial charge on any atom is -0.394 e. The van der Waals surface area contributed by atoms with E-state index in [1.807, 2.05) is 73.8 Å². The maximum atomic E-state index is 13.3. The van der Waals surface area contributed by atoms with Gasteiger partial charge in [0.2, 0.25) is 0 Å². The molecule has 13 heteroatoms. The SMILES string of the molecule is CC.N=C(COCc1cc(C(F)(F)F)cc(C(F)(F)F)c1)C(CCN1CCC(O)(c2ccccc2)CC1)c1csc2ccccc12.OCCO. The summed E-state index contributed by atoms with van der Waals surface area (Å²) in [6.45, 7) is 4.98. The molecule has 0 amide bonds. The summed E-state index contributed by atoms with van der Waals surface area (Å²) in [6, 6.07) is 18.8. The summed E-state index contributed by atoms with van der Waals surface area (Å²) >= 11 is 1.55. The van der Waals surface area contributed by atoms with Crippen molar-refractivity contribution in [1.82, 2.24) is 4.90 Å². The molecule has 5 rings (SSSR count). The average Bonchev–Trinajstić information content (AvgIpc) is 3.53. The zero-order chi connectivity index (χ0) is 37.0. The Bertz CT molecular complexity index is 1590. The van der Waals surface area contributed by atoms with Crippen molar-refractivity contribution >= 4 is 27.1 Å². The van der Waals surface area contributed by atoms with Gasteiger partial charge in [-0.05, 0) is 77.5 Å². The summed E-state index contributed by atoms with van der Waals surface area (Å²) in [5.41, 5.74) is -1.93. The molecule has 1 atom stereocenters. The Morgan fingerprint density at radius 2 is 1.44 bits per heavy atom. The third-order valence-electron chi connectivity index (χ3n) is 8.31. The van der Waals surface area contributed by atoms with Crippen LogP contribution in [0.3, 0.4) is 0 Å². The van der Waals surface area contributed by atoms with E-state index in [0.717, 1.165) is 21.2 Å². The highest BCUT2D eigenvalue weighted by Gasteiger charge is 2.37. The smallest absolute Gasteiger partial charge is 0.394 e. The van der Waals surface area contributed by atoms with E-state index in [4.69, 9.17) is 20.4 Å². The molecule has 0 saturated carbocycles. The van der Waals surface area contributed by atoms with Crippen LogP contribution in [0.1, 0.15) is 66.8 Å². The molecular weight excluding hydrogens is 682 g/mol. The zero-order valence-corrected chi connectivity index (χ0v) is 28.8. The van der Waals surface area contributed by atoms with E-state index >= 15 is 0 Å². The van der Waals surface area contributed by atoms with E-state index < -0.39 is 35.7 Å². The molecule has 1 aliphatic heterocycles. The van der Waals surface area contributed by atoms with Gasteiger partial charge in [-0.3, -0.25) is 0 Å². The van der Waals surface area contributed by atoms with E-state index in [2.05, 4.69) is 4.90 Å². The normalized spacial score (nSPS) is 15.4. The topological polar surface area (TPSA) is 97.0 Å². The van der Waals surface area contributed by atoms with Gasteiger partial charge in [-0.1, -0.05) is 62.4 Å². The predicted octanol–water partition coefficient (Wildman–Crippen LogP) is 8.63. The summed E-state index contributed by atoms with van der Waals surface area (Å²) in [7, 11) is 0. The first-order chi connectivity index (χ1) is 23.7. The molecule has 2 heterocycles. The molecule has 6 nitrogen and oxygen atoms in total. The molecule has 1 saturated heterocycles. The summed E-state index contributed by atoms with van der Waals surface area (Å²) in [5.74, 6) is -0.367. The van der Waals surface area contributed by atoms with E-state index in [1.54, 1.807) is 11.3 Å². The quantitative estimate of drug-likeness (QED) is 0.0917. The molecule has 0 aliphatic carbocycles. The monoisotopic (exact) mass is 726 g/mol. The number of alkyl halides is 6. The van der Waals surface area contributed by atoms with Gasteiger partial charge in [0.25, 0.3) is 0 Å². The summed E-state index contributed by atoms with van der Waals surface area (Å²) in [5, 5.41) is 38.4. The van der Waals surface area contributed by atoms with Crippen molar-refractivity contribution in [2.45, 2.75) is 63.6 Å². The molecule has 4 N–H and O–H groups in total. The van der Waals surface area contributed by atoms with Crippen LogP contribution >= 0.6 is 11.3 Å². The first kappa shape index (κ1) is 41.1. The lowest BCUT2D eigenvalue weighted by atomic mass is 9.84. The van der Waals surface area contributed by atoms with Crippen LogP contribution in [0, 0.1) is 5.41 Å². The molecule has 0 bridgehead atoms. The fraction of sp³-hybridized carbons (Fsp3) is 0.432. The number of hydrogen-bond acceptors (Lipinski definition) is 7. The number of benzene rings is 3. The molecule has 0 radical (unpaired) electrons. The number of thiophene rings is 1. The Morgan fingerprint density at radius 3 is 2.00 bits per heavy atom. The van der Waals surface area contributed by atoms with Crippen LogP contribution in [0.25, 0.3) is 10.1 Å². The molecule has 1 unspecified atom stereocenters. The average molecular weight is 727 g/mol. The van der Waals surface area contributed by atoms with Crippen LogP contribution in [-0.4, -0.2) is 65.4 Å². The number of piperidine rings is 1. The molecule has 0 spiro atoms. The third-order valence-corrected chi connectivity index (χ3v) is 9.29. The Kier molecular flexibility index (Phi) is 15.4. The predicted molar refractivity (Wildman–Crippen MR) is 185 cm³/mol. The third kappa shape index (κ3) is 11.3. The lowest BCUT2D eigenvalue weighted by molar-refractivity contribution is -0.143. The maximum Gasteiger partial charge on any atom is 0.416 e. The van der Waals surface area contributed by atoms with Gasteiger partial charge in [0, 0.05) is 29.4 Å². The lowest BCUT2D eigenvalue weighted by Crippen LogP contribution is -2.43. The van der Waals surface area contributed by atoms with Crippen molar-refractivity contribution in [3.63, 3.8) is 0 Å². The van der Waals surface area contributed by atoms with Crippen molar-refractivity contribution in [1.29, 1.82) is 5.41 Å². The molecular formula is C37H44F6N2O4S. The van der Waals surface area contributed by atoms with Gasteiger partial charge in [0.05, 0.1) is 43.2 Å². The molecule has 1 aliphatic rings. The number of aliphatic hydroxyl groups is 3. The van der Waals surface area contributed by atoms with Crippen molar-refractivity contribution in [3.8, 4) is 0 Å². The minimum atomic E-state index is -4.95. The second-order valence-electron chi connectivity index (χ2n) is 11.6. The van der Waals surface area contributed by atoms with Gasteiger partial charge in [-0.2, -0.15) is 26.3 Å². The molecule has 3 aromatic carbocycles. The van der Waals surface area contributed by atoms with Gasteiger partial charge in [-0.15, -0.1) is 11.3 Å². The summed E-state index contributed by atoms with van der Waals surface area (Å²) < 4.78 is 86.3. The van der Waals surface area contributed by atoms with E-state index in [1.165, 1.54) is 0 Å². The highest BCUT2D eigenvalue weighted by atomic mass is 32.1. The first-order valence-electron chi connectivity index (χ1n) is 16.4. The fourth-order valence-corrected chi connectivity index (χ4v) is 6.78. The first-order valence-corrected chi connectivity index (χ1v) is 17.2. The van der Waals surface area contributed by atoms with Crippen LogP contribution in [0.15, 0.2) is 78.2 Å². The number of fused-ring (bicyclic) bond motifs is 1. The van der Waals surface area contributed by atoms with Gasteiger partial charge in [0.15, 0.2) is 0 Å². The van der Waals surface area contributed by atoms with Crippen LogP contribution in [-0.2, 0) is 29.3 Å². The van der Waals surface area contributed by atoms with E-state index in [0.29, 0.717) is 51.0 Å². The highest BCUT2D eigenvalue weighted by Crippen LogP contribution is 2.38. The van der Waals surface area contributed by atoms with Gasteiger partial charge < -0.3 is 30.4 Å². The number of hydrogen-bond donors (Lipinski definition) is 4. The Hall–Kier alpha value is -3.33. The van der Waals surface area contributed by atoms with Crippen LogP contribution in [0.2, 0.25) is 0 Å².